The maximum atomic E-state index is 12.4. The van der Waals surface area contributed by atoms with Gasteiger partial charge in [-0.1, -0.05) is 132 Å². The molecule has 0 fully saturated rings. The number of carbonyl (C=O) groups is 2. The van der Waals surface area contributed by atoms with Gasteiger partial charge in [0, 0.05) is 20.0 Å². The Bertz CT molecular complexity index is 953. The van der Waals surface area contributed by atoms with Crippen molar-refractivity contribution < 1.29 is 37.6 Å². The number of unbranched alkanes of at least 4 members (excludes halogenated alkanes) is 11. The van der Waals surface area contributed by atoms with E-state index in [0.717, 1.165) is 77.7 Å². The van der Waals surface area contributed by atoms with Crippen molar-refractivity contribution in [2.45, 2.75) is 148 Å². The first-order chi connectivity index (χ1) is 22.8. The highest BCUT2D eigenvalue weighted by Crippen LogP contribution is 2.42. The summed E-state index contributed by atoms with van der Waals surface area (Å²) in [6.45, 7) is 3.69. The van der Waals surface area contributed by atoms with E-state index in [9.17, 15) is 19.0 Å². The quantitative estimate of drug-likeness (QED) is 0.0324. The van der Waals surface area contributed by atoms with E-state index in [1.165, 1.54) is 38.5 Å². The molecule has 0 saturated heterocycles. The standard InChI is InChI=1S/C38H65O8P/c1-4-6-8-10-12-14-15-16-17-18-19-20-21-22-23-25-27-29-31-33-38(40)46-36(35-45-47(41,42)43-3)34-44-37(39)32-30-28-26-24-13-11-9-7-5-2/h6,8,12,14,16-17,19-20,22-23,36H,4-5,7,9-11,13,15,18,21,24-35H2,1-3H3,(H,41,42)/b8-6-,14-12-,17-16-,20-19-,23-22-. The maximum absolute atomic E-state index is 12.4. The van der Waals surface area contributed by atoms with E-state index in [-0.39, 0.29) is 25.4 Å². The SMILES string of the molecule is CC/C=C\C/C=C\C/C=C\C/C=C\C/C=C\CCCCCC(=O)OC(COC(=O)CCCCCCCCCCC)COP(=O)(O)OC. The second kappa shape index (κ2) is 33.6. The molecule has 0 bridgehead atoms. The number of carbonyl (C=O) groups excluding carboxylic acids is 2. The van der Waals surface area contributed by atoms with Gasteiger partial charge in [-0.05, 0) is 57.8 Å². The molecule has 0 radical (unpaired) electrons. The first-order valence-corrected chi connectivity index (χ1v) is 19.5. The summed E-state index contributed by atoms with van der Waals surface area (Å²) in [6, 6.07) is 0. The van der Waals surface area contributed by atoms with Crippen LogP contribution in [-0.2, 0) is 32.7 Å². The lowest BCUT2D eigenvalue weighted by Crippen LogP contribution is -2.29. The van der Waals surface area contributed by atoms with Crippen LogP contribution in [0.25, 0.3) is 0 Å². The van der Waals surface area contributed by atoms with Crippen molar-refractivity contribution in [3.63, 3.8) is 0 Å². The third kappa shape index (κ3) is 33.4. The molecule has 0 saturated carbocycles. The predicted molar refractivity (Wildman–Crippen MR) is 193 cm³/mol. The van der Waals surface area contributed by atoms with E-state index in [2.05, 4.69) is 79.1 Å². The van der Waals surface area contributed by atoms with Crippen LogP contribution in [0, 0.1) is 0 Å². The summed E-state index contributed by atoms with van der Waals surface area (Å²) in [5, 5.41) is 0. The lowest BCUT2D eigenvalue weighted by atomic mass is 10.1. The van der Waals surface area contributed by atoms with Crippen molar-refractivity contribution in [1.29, 1.82) is 0 Å². The van der Waals surface area contributed by atoms with Gasteiger partial charge in [-0.3, -0.25) is 18.6 Å². The summed E-state index contributed by atoms with van der Waals surface area (Å²) in [4.78, 5) is 34.2. The molecule has 0 aliphatic carbocycles. The zero-order valence-electron chi connectivity index (χ0n) is 29.7. The molecule has 47 heavy (non-hydrogen) atoms. The molecule has 1 N–H and O–H groups in total. The van der Waals surface area contributed by atoms with E-state index >= 15 is 0 Å². The number of rotatable bonds is 32. The van der Waals surface area contributed by atoms with Crippen LogP contribution < -0.4 is 0 Å². The number of esters is 2. The molecule has 2 unspecified atom stereocenters. The molecule has 0 aliphatic heterocycles. The van der Waals surface area contributed by atoms with Crippen LogP contribution in [0.3, 0.4) is 0 Å². The molecule has 0 rings (SSSR count). The molecular weight excluding hydrogens is 615 g/mol. The summed E-state index contributed by atoms with van der Waals surface area (Å²) >= 11 is 0. The second-order valence-electron chi connectivity index (χ2n) is 11.6. The number of phosphoric ester groups is 1. The molecule has 0 heterocycles. The van der Waals surface area contributed by atoms with Crippen LogP contribution in [0.5, 0.6) is 0 Å². The van der Waals surface area contributed by atoms with Crippen molar-refractivity contribution in [3.8, 4) is 0 Å². The lowest BCUT2D eigenvalue weighted by Gasteiger charge is -2.19. The van der Waals surface area contributed by atoms with Crippen LogP contribution in [0.1, 0.15) is 142 Å². The highest BCUT2D eigenvalue weighted by atomic mass is 31.2. The zero-order valence-corrected chi connectivity index (χ0v) is 30.6. The summed E-state index contributed by atoms with van der Waals surface area (Å²) in [5.41, 5.74) is 0. The number of hydrogen-bond donors (Lipinski definition) is 1. The number of hydrogen-bond acceptors (Lipinski definition) is 7. The topological polar surface area (TPSA) is 108 Å². The molecule has 0 spiro atoms. The predicted octanol–water partition coefficient (Wildman–Crippen LogP) is 10.8. The van der Waals surface area contributed by atoms with E-state index in [4.69, 9.17) is 14.0 Å². The minimum Gasteiger partial charge on any atom is -0.462 e. The largest absolute Gasteiger partial charge is 0.472 e. The van der Waals surface area contributed by atoms with Crippen molar-refractivity contribution in [2.75, 3.05) is 20.3 Å². The zero-order chi connectivity index (χ0) is 34.7. The first kappa shape index (κ1) is 44.8. The fraction of sp³-hybridized carbons (Fsp3) is 0.684. The van der Waals surface area contributed by atoms with E-state index in [1.54, 1.807) is 0 Å². The first-order valence-electron chi connectivity index (χ1n) is 18.0. The van der Waals surface area contributed by atoms with Gasteiger partial charge >= 0.3 is 19.8 Å². The summed E-state index contributed by atoms with van der Waals surface area (Å²) in [5.74, 6) is -0.850. The van der Waals surface area contributed by atoms with Gasteiger partial charge in [-0.25, -0.2) is 4.57 Å². The Morgan fingerprint density at radius 2 is 1.09 bits per heavy atom. The smallest absolute Gasteiger partial charge is 0.462 e. The van der Waals surface area contributed by atoms with Crippen molar-refractivity contribution in [1.82, 2.24) is 0 Å². The Morgan fingerprint density at radius 3 is 1.62 bits per heavy atom. The summed E-state index contributed by atoms with van der Waals surface area (Å²) in [7, 11) is -3.21. The highest BCUT2D eigenvalue weighted by molar-refractivity contribution is 7.47. The average Bonchev–Trinajstić information content (AvgIpc) is 3.06. The number of allylic oxidation sites excluding steroid dienone is 10. The molecule has 9 heteroatoms. The van der Waals surface area contributed by atoms with Crippen LogP contribution >= 0.6 is 7.82 Å². The van der Waals surface area contributed by atoms with E-state index < -0.39 is 26.5 Å². The molecule has 0 aliphatic rings. The van der Waals surface area contributed by atoms with Crippen molar-refractivity contribution in [2.24, 2.45) is 0 Å². The van der Waals surface area contributed by atoms with Gasteiger partial charge in [0.25, 0.3) is 0 Å². The molecule has 0 aromatic heterocycles. The minimum atomic E-state index is -4.26. The maximum Gasteiger partial charge on any atom is 0.472 e. The average molecular weight is 681 g/mol. The van der Waals surface area contributed by atoms with Crippen LogP contribution in [0.2, 0.25) is 0 Å². The van der Waals surface area contributed by atoms with Crippen LogP contribution in [0.15, 0.2) is 60.8 Å². The monoisotopic (exact) mass is 680 g/mol. The van der Waals surface area contributed by atoms with Gasteiger partial charge in [0.2, 0.25) is 0 Å². The van der Waals surface area contributed by atoms with Crippen molar-refractivity contribution in [3.05, 3.63) is 60.8 Å². The number of ether oxygens (including phenoxy) is 2. The summed E-state index contributed by atoms with van der Waals surface area (Å²) in [6.07, 6.45) is 39.9. The minimum absolute atomic E-state index is 0.204. The third-order valence-electron chi connectivity index (χ3n) is 7.28. The molecule has 2 atom stereocenters. The van der Waals surface area contributed by atoms with Gasteiger partial charge in [0.05, 0.1) is 6.61 Å². The molecular formula is C38H65O8P. The lowest BCUT2D eigenvalue weighted by molar-refractivity contribution is -0.161. The molecule has 8 nitrogen and oxygen atoms in total. The second-order valence-corrected chi connectivity index (χ2v) is 13.2. The van der Waals surface area contributed by atoms with Gasteiger partial charge in [-0.2, -0.15) is 0 Å². The van der Waals surface area contributed by atoms with Crippen LogP contribution in [0.4, 0.5) is 0 Å². The van der Waals surface area contributed by atoms with Gasteiger partial charge in [0.1, 0.15) is 6.61 Å². The van der Waals surface area contributed by atoms with E-state index in [1.807, 2.05) is 0 Å². The third-order valence-corrected chi connectivity index (χ3v) is 8.21. The normalized spacial score (nSPS) is 14.2. The number of phosphoric acid groups is 1. The van der Waals surface area contributed by atoms with Crippen molar-refractivity contribution >= 4 is 19.8 Å². The molecule has 0 aromatic rings. The highest BCUT2D eigenvalue weighted by Gasteiger charge is 2.24. The Morgan fingerprint density at radius 1 is 0.617 bits per heavy atom. The summed E-state index contributed by atoms with van der Waals surface area (Å²) < 4.78 is 31.7. The Balaban J connectivity index is 4.15. The fourth-order valence-electron chi connectivity index (χ4n) is 4.51. The Hall–Kier alpha value is -2.25. The molecule has 0 aromatic carbocycles. The van der Waals surface area contributed by atoms with Crippen LogP contribution in [-0.4, -0.2) is 43.3 Å². The van der Waals surface area contributed by atoms with E-state index in [0.29, 0.717) is 6.42 Å². The Kier molecular flexibility index (Phi) is 32.0. The fourth-order valence-corrected chi connectivity index (χ4v) is 4.97. The molecule has 0 amide bonds. The van der Waals surface area contributed by atoms with Gasteiger partial charge < -0.3 is 14.4 Å². The van der Waals surface area contributed by atoms with Gasteiger partial charge in [-0.15, -0.1) is 0 Å². The Labute approximate surface area is 286 Å². The van der Waals surface area contributed by atoms with Gasteiger partial charge in [0.15, 0.2) is 6.10 Å². The molecule has 270 valence electrons.